The molecule has 0 aliphatic rings. The van der Waals surface area contributed by atoms with Crippen LogP contribution in [-0.4, -0.2) is 16.5 Å². The van der Waals surface area contributed by atoms with E-state index in [9.17, 15) is 18.3 Å². The second-order valence-electron chi connectivity index (χ2n) is 3.60. The third-order valence-electron chi connectivity index (χ3n) is 2.05. The van der Waals surface area contributed by atoms with E-state index in [4.69, 9.17) is 17.5 Å². The summed E-state index contributed by atoms with van der Waals surface area (Å²) in [5, 5.41) is 20.6. The summed E-state index contributed by atoms with van der Waals surface area (Å²) < 4.78 is 39.6. The Balaban J connectivity index is 2.79. The molecular weight excluding hydrogens is 293 g/mol. The topological polar surface area (TPSA) is 65.3 Å². The minimum Gasteiger partial charge on any atom is -0.511 e. The Morgan fingerprint density at radius 1 is 1.35 bits per heavy atom. The number of allylic oxidation sites excluding steroid dienone is 1. The maximum absolute atomic E-state index is 12.0. The van der Waals surface area contributed by atoms with Gasteiger partial charge >= 0.3 is 6.36 Å². The molecule has 20 heavy (non-hydrogen) atoms. The molecule has 0 aliphatic carbocycles. The fourth-order valence-corrected chi connectivity index (χ4v) is 1.54. The van der Waals surface area contributed by atoms with Crippen LogP contribution < -0.4 is 10.1 Å². The number of anilines is 1. The lowest BCUT2D eigenvalue weighted by atomic mass is 10.2. The first-order chi connectivity index (χ1) is 9.23. The summed E-state index contributed by atoms with van der Waals surface area (Å²) in [5.41, 5.74) is 0.245. The van der Waals surface area contributed by atoms with Gasteiger partial charge in [0, 0.05) is 5.69 Å². The predicted octanol–water partition coefficient (Wildman–Crippen LogP) is 3.68. The highest BCUT2D eigenvalue weighted by Gasteiger charge is 2.30. The molecule has 0 fully saturated rings. The van der Waals surface area contributed by atoms with Crippen LogP contribution in [0.2, 0.25) is 0 Å². The number of thiocarbonyl (C=S) groups is 1. The second-order valence-corrected chi connectivity index (χ2v) is 4.01. The van der Waals surface area contributed by atoms with Crippen LogP contribution in [0.5, 0.6) is 5.75 Å². The van der Waals surface area contributed by atoms with Crippen molar-refractivity contribution in [3.05, 3.63) is 35.6 Å². The Labute approximate surface area is 118 Å². The molecule has 0 amide bonds. The van der Waals surface area contributed by atoms with Crippen LogP contribution >= 0.6 is 12.2 Å². The van der Waals surface area contributed by atoms with Crippen molar-refractivity contribution in [3.8, 4) is 11.8 Å². The molecule has 0 saturated carbocycles. The number of benzene rings is 1. The van der Waals surface area contributed by atoms with Gasteiger partial charge in [0.05, 0.1) is 0 Å². The molecule has 0 unspecified atom stereocenters. The largest absolute Gasteiger partial charge is 0.573 e. The van der Waals surface area contributed by atoms with Gasteiger partial charge in [-0.05, 0) is 31.2 Å². The zero-order valence-electron chi connectivity index (χ0n) is 10.2. The second kappa shape index (κ2) is 6.25. The third-order valence-corrected chi connectivity index (χ3v) is 2.35. The third kappa shape index (κ3) is 4.78. The molecule has 1 aromatic rings. The van der Waals surface area contributed by atoms with Gasteiger partial charge in [0.2, 0.25) is 0 Å². The van der Waals surface area contributed by atoms with Crippen molar-refractivity contribution in [1.82, 2.24) is 0 Å². The maximum Gasteiger partial charge on any atom is 0.573 e. The van der Waals surface area contributed by atoms with E-state index < -0.39 is 6.36 Å². The number of halogens is 3. The number of nitrogens with one attached hydrogen (secondary N) is 1. The van der Waals surface area contributed by atoms with Crippen molar-refractivity contribution in [2.24, 2.45) is 0 Å². The van der Waals surface area contributed by atoms with Crippen molar-refractivity contribution in [3.63, 3.8) is 0 Å². The van der Waals surface area contributed by atoms with Crippen LogP contribution in [0, 0.1) is 11.3 Å². The molecule has 0 spiro atoms. The van der Waals surface area contributed by atoms with Crippen molar-refractivity contribution in [1.29, 1.82) is 5.26 Å². The molecule has 4 nitrogen and oxygen atoms in total. The lowest BCUT2D eigenvalue weighted by Gasteiger charge is -2.10. The van der Waals surface area contributed by atoms with Gasteiger partial charge in [-0.15, -0.1) is 13.2 Å². The fourth-order valence-electron chi connectivity index (χ4n) is 1.23. The highest BCUT2D eigenvalue weighted by molar-refractivity contribution is 7.81. The molecule has 0 bridgehead atoms. The van der Waals surface area contributed by atoms with Crippen LogP contribution in [0.4, 0.5) is 18.9 Å². The summed E-state index contributed by atoms with van der Waals surface area (Å²) in [6.07, 6.45) is -4.75. The minimum atomic E-state index is -4.75. The van der Waals surface area contributed by atoms with E-state index in [1.54, 1.807) is 6.07 Å². The Morgan fingerprint density at radius 2 is 1.90 bits per heavy atom. The van der Waals surface area contributed by atoms with Crippen LogP contribution in [0.1, 0.15) is 6.92 Å². The molecule has 0 atom stereocenters. The molecule has 8 heteroatoms. The van der Waals surface area contributed by atoms with Crippen LogP contribution in [-0.2, 0) is 0 Å². The summed E-state index contributed by atoms with van der Waals surface area (Å²) >= 11 is 4.89. The molecule has 0 saturated heterocycles. The van der Waals surface area contributed by atoms with E-state index in [1.807, 2.05) is 0 Å². The van der Waals surface area contributed by atoms with Gasteiger partial charge in [0.25, 0.3) is 0 Å². The Morgan fingerprint density at radius 3 is 2.30 bits per heavy atom. The van der Waals surface area contributed by atoms with Gasteiger partial charge < -0.3 is 15.2 Å². The molecular formula is C12H9F3N2O2S. The number of nitriles is 1. The average Bonchev–Trinajstić information content (AvgIpc) is 2.30. The first kappa shape index (κ1) is 15.8. The van der Waals surface area contributed by atoms with E-state index in [1.165, 1.54) is 19.1 Å². The summed E-state index contributed by atoms with van der Waals surface area (Å²) in [6, 6.07) is 6.51. The van der Waals surface area contributed by atoms with Gasteiger partial charge in [-0.1, -0.05) is 12.2 Å². The van der Waals surface area contributed by atoms with Gasteiger partial charge in [0.1, 0.15) is 28.1 Å². The number of rotatable bonds is 3. The maximum atomic E-state index is 12.0. The number of ether oxygens (including phenoxy) is 1. The monoisotopic (exact) mass is 302 g/mol. The highest BCUT2D eigenvalue weighted by atomic mass is 32.1. The molecule has 0 aliphatic heterocycles. The lowest BCUT2D eigenvalue weighted by Crippen LogP contribution is -2.17. The Kier molecular flexibility index (Phi) is 4.94. The first-order valence-corrected chi connectivity index (χ1v) is 5.61. The molecule has 0 heterocycles. The van der Waals surface area contributed by atoms with Crippen LogP contribution in [0.25, 0.3) is 0 Å². The Hall–Kier alpha value is -2.27. The summed E-state index contributed by atoms with van der Waals surface area (Å²) in [5.74, 6) is -0.620. The minimum absolute atomic E-state index is 0.0306. The molecule has 2 N–H and O–H groups in total. The van der Waals surface area contributed by atoms with Gasteiger partial charge in [0.15, 0.2) is 0 Å². The smallest absolute Gasteiger partial charge is 0.511 e. The lowest BCUT2D eigenvalue weighted by molar-refractivity contribution is -0.274. The first-order valence-electron chi connectivity index (χ1n) is 5.20. The van der Waals surface area contributed by atoms with Crippen molar-refractivity contribution in [2.75, 3.05) is 5.32 Å². The summed E-state index contributed by atoms with van der Waals surface area (Å²) in [7, 11) is 0. The Bertz CT molecular complexity index is 570. The molecule has 106 valence electrons. The quantitative estimate of drug-likeness (QED) is 0.386. The normalized spacial score (nSPS) is 12.2. The van der Waals surface area contributed by atoms with Crippen LogP contribution in [0.15, 0.2) is 35.6 Å². The zero-order valence-corrected chi connectivity index (χ0v) is 11.0. The standard InChI is InChI=1S/C12H9F3N2O2S/c1-7(18)10(6-16)11(20)17-8-2-4-9(5-3-8)19-12(13,14)15/h2-5,18H,1H3,(H,17,20). The van der Waals surface area contributed by atoms with Gasteiger partial charge in [-0.3, -0.25) is 0 Å². The zero-order chi connectivity index (χ0) is 15.3. The number of aliphatic hydroxyl groups excluding tert-OH is 1. The molecule has 1 rings (SSSR count). The van der Waals surface area contributed by atoms with Gasteiger partial charge in [-0.25, -0.2) is 0 Å². The molecule has 1 aromatic carbocycles. The van der Waals surface area contributed by atoms with E-state index in [0.29, 0.717) is 5.69 Å². The molecule has 0 aromatic heterocycles. The van der Waals surface area contributed by atoms with E-state index in [-0.39, 0.29) is 22.1 Å². The van der Waals surface area contributed by atoms with Crippen LogP contribution in [0.3, 0.4) is 0 Å². The number of hydrogen-bond acceptors (Lipinski definition) is 4. The number of aliphatic hydroxyl groups is 1. The summed E-state index contributed by atoms with van der Waals surface area (Å²) in [6.45, 7) is 1.30. The highest BCUT2D eigenvalue weighted by Crippen LogP contribution is 2.24. The average molecular weight is 302 g/mol. The molecule has 0 radical (unpaired) electrons. The van der Waals surface area contributed by atoms with E-state index >= 15 is 0 Å². The number of nitrogens with zero attached hydrogens (tertiary/aromatic N) is 1. The fraction of sp³-hybridized carbons (Fsp3) is 0.167. The van der Waals surface area contributed by atoms with Crippen molar-refractivity contribution >= 4 is 22.9 Å². The summed E-state index contributed by atoms with van der Waals surface area (Å²) in [4.78, 5) is -0.0306. The van der Waals surface area contributed by atoms with Crippen molar-refractivity contribution in [2.45, 2.75) is 13.3 Å². The van der Waals surface area contributed by atoms with E-state index in [2.05, 4.69) is 10.1 Å². The number of hydrogen-bond donors (Lipinski definition) is 2. The van der Waals surface area contributed by atoms with Crippen molar-refractivity contribution < 1.29 is 23.0 Å². The SMILES string of the molecule is CC(O)=C(C#N)C(=S)Nc1ccc(OC(F)(F)F)cc1. The predicted molar refractivity (Wildman–Crippen MR) is 70.3 cm³/mol. The van der Waals surface area contributed by atoms with E-state index in [0.717, 1.165) is 12.1 Å². The van der Waals surface area contributed by atoms with Gasteiger partial charge in [-0.2, -0.15) is 5.26 Å². The number of alkyl halides is 3.